The quantitative estimate of drug-likeness (QED) is 0.492. The summed E-state index contributed by atoms with van der Waals surface area (Å²) in [5.41, 5.74) is 6.33. The third-order valence-electron chi connectivity index (χ3n) is 7.95. The lowest BCUT2D eigenvalue weighted by Gasteiger charge is -2.48. The van der Waals surface area contributed by atoms with Gasteiger partial charge in [-0.05, 0) is 89.6 Å². The molecule has 0 bridgehead atoms. The highest BCUT2D eigenvalue weighted by Gasteiger charge is 2.43. The summed E-state index contributed by atoms with van der Waals surface area (Å²) in [6.07, 6.45) is 5.19. The zero-order chi connectivity index (χ0) is 23.4. The molecule has 4 heterocycles. The summed E-state index contributed by atoms with van der Waals surface area (Å²) in [4.78, 5) is 6.46. The molecule has 2 fully saturated rings. The van der Waals surface area contributed by atoms with E-state index >= 15 is 0 Å². The van der Waals surface area contributed by atoms with Crippen LogP contribution < -0.4 is 5.32 Å². The smallest absolute Gasteiger partial charge is 0.162 e. The monoisotopic (exact) mass is 469 g/mol. The molecule has 1 N–H and O–H groups in total. The summed E-state index contributed by atoms with van der Waals surface area (Å²) in [6, 6.07) is 8.61. The van der Waals surface area contributed by atoms with Crippen LogP contribution in [0.2, 0.25) is 0 Å². The third-order valence-corrected chi connectivity index (χ3v) is 9.15. The Kier molecular flexibility index (Phi) is 5.24. The fourth-order valence-corrected chi connectivity index (χ4v) is 7.04. The summed E-state index contributed by atoms with van der Waals surface area (Å²) in [5, 5.41) is 13.5. The van der Waals surface area contributed by atoms with Crippen molar-refractivity contribution in [2.45, 2.75) is 59.4 Å². The van der Waals surface area contributed by atoms with Crippen molar-refractivity contribution >= 4 is 17.0 Å². The maximum Gasteiger partial charge on any atom is 0.162 e. The van der Waals surface area contributed by atoms with Crippen molar-refractivity contribution in [3.05, 3.63) is 63.0 Å². The molecule has 34 heavy (non-hydrogen) atoms. The molecule has 2 aliphatic heterocycles. The Morgan fingerprint density at radius 3 is 2.53 bits per heavy atom. The molecular formula is C28H31N5S. The van der Waals surface area contributed by atoms with Crippen LogP contribution in [0.25, 0.3) is 5.00 Å². The van der Waals surface area contributed by atoms with Gasteiger partial charge in [0.25, 0.3) is 0 Å². The van der Waals surface area contributed by atoms with Crippen LogP contribution in [0, 0.1) is 43.9 Å². The highest BCUT2D eigenvalue weighted by atomic mass is 32.1. The van der Waals surface area contributed by atoms with Crippen molar-refractivity contribution in [1.29, 1.82) is 0 Å². The predicted octanol–water partition coefficient (Wildman–Crippen LogP) is 5.30. The molecule has 174 valence electrons. The highest BCUT2D eigenvalue weighted by Crippen LogP contribution is 2.51. The second-order valence-electron chi connectivity index (χ2n) is 10.3. The van der Waals surface area contributed by atoms with Gasteiger partial charge in [-0.2, -0.15) is 0 Å². The van der Waals surface area contributed by atoms with Crippen molar-refractivity contribution in [2.75, 3.05) is 13.1 Å². The number of nitrogens with zero attached hydrogens (tertiary/aromatic N) is 4. The molecule has 3 aromatic rings. The maximum absolute atomic E-state index is 5.15. The normalized spacial score (nSPS) is 21.1. The molecule has 1 aliphatic carbocycles. The molecule has 3 aliphatic rings. The van der Waals surface area contributed by atoms with E-state index in [2.05, 4.69) is 77.0 Å². The fraction of sp³-hybridized carbons (Fsp3) is 0.464. The number of nitrogens with one attached hydrogen (secondary N) is 1. The molecule has 0 amide bonds. The van der Waals surface area contributed by atoms with Gasteiger partial charge in [0, 0.05) is 27.5 Å². The standard InChI is InChI=1S/C28H31N5S/c1-17-19(3)34-27-24(17)25(30-18(2)26-32-31-20(4)33(26)27)23-9-7-21(8-10-23)5-6-22-15-28(16-22)11-13-29-14-12-28/h7-10,18,22,29H,11-16H2,1-4H3/t18-/m0/s1. The summed E-state index contributed by atoms with van der Waals surface area (Å²) in [5.74, 6) is 9.37. The number of hydrogen-bond acceptors (Lipinski definition) is 5. The van der Waals surface area contributed by atoms with Crippen LogP contribution in [0.5, 0.6) is 0 Å². The van der Waals surface area contributed by atoms with Crippen LogP contribution in [0.1, 0.15) is 77.4 Å². The van der Waals surface area contributed by atoms with Crippen molar-refractivity contribution in [2.24, 2.45) is 16.3 Å². The summed E-state index contributed by atoms with van der Waals surface area (Å²) < 4.78 is 2.19. The van der Waals surface area contributed by atoms with Gasteiger partial charge in [0.15, 0.2) is 5.82 Å². The first-order chi connectivity index (χ1) is 16.4. The van der Waals surface area contributed by atoms with Gasteiger partial charge in [0.1, 0.15) is 16.9 Å². The van der Waals surface area contributed by atoms with Crippen LogP contribution in [0.3, 0.4) is 0 Å². The number of piperidine rings is 1. The molecule has 2 aromatic heterocycles. The largest absolute Gasteiger partial charge is 0.317 e. The number of thiophene rings is 1. The lowest BCUT2D eigenvalue weighted by atomic mass is 9.58. The third kappa shape index (κ3) is 3.54. The molecule has 0 unspecified atom stereocenters. The number of fused-ring (bicyclic) bond motifs is 3. The van der Waals surface area contributed by atoms with Crippen LogP contribution in [0.15, 0.2) is 29.3 Å². The first kappa shape index (κ1) is 21.8. The van der Waals surface area contributed by atoms with E-state index in [-0.39, 0.29) is 6.04 Å². The van der Waals surface area contributed by atoms with Crippen molar-refractivity contribution < 1.29 is 0 Å². The Morgan fingerprint density at radius 1 is 1.06 bits per heavy atom. The number of aromatic nitrogens is 3. The highest BCUT2D eigenvalue weighted by molar-refractivity contribution is 7.15. The van der Waals surface area contributed by atoms with Gasteiger partial charge in [-0.15, -0.1) is 21.5 Å². The number of aryl methyl sites for hydroxylation is 2. The van der Waals surface area contributed by atoms with E-state index in [9.17, 15) is 0 Å². The average Bonchev–Trinajstić information content (AvgIpc) is 3.30. The molecule has 0 radical (unpaired) electrons. The molecule has 1 aromatic carbocycles. The van der Waals surface area contributed by atoms with Gasteiger partial charge in [0.2, 0.25) is 0 Å². The minimum atomic E-state index is -0.0594. The van der Waals surface area contributed by atoms with Gasteiger partial charge in [0.05, 0.1) is 5.71 Å². The van der Waals surface area contributed by atoms with E-state index in [0.717, 1.165) is 28.5 Å². The second-order valence-corrected chi connectivity index (χ2v) is 11.5. The zero-order valence-electron chi connectivity index (χ0n) is 20.4. The van der Waals surface area contributed by atoms with Crippen LogP contribution >= 0.6 is 11.3 Å². The molecule has 6 heteroatoms. The topological polar surface area (TPSA) is 55.1 Å². The van der Waals surface area contributed by atoms with E-state index in [4.69, 9.17) is 4.99 Å². The molecule has 5 nitrogen and oxygen atoms in total. The maximum atomic E-state index is 5.15. The van der Waals surface area contributed by atoms with Crippen LogP contribution in [0.4, 0.5) is 0 Å². The van der Waals surface area contributed by atoms with E-state index in [1.165, 1.54) is 59.8 Å². The Hall–Kier alpha value is -2.75. The van der Waals surface area contributed by atoms with Crippen LogP contribution in [-0.4, -0.2) is 33.6 Å². The summed E-state index contributed by atoms with van der Waals surface area (Å²) in [7, 11) is 0. The Labute approximate surface area is 205 Å². The minimum absolute atomic E-state index is 0.0594. The Bertz CT molecular complexity index is 1330. The molecule has 1 saturated heterocycles. The SMILES string of the molecule is Cc1sc2c(c1C)C(c1ccc(C#CC3CC4(CCNCC4)C3)cc1)=N[C@@H](C)c1nnc(C)n1-2. The van der Waals surface area contributed by atoms with Crippen LogP contribution in [-0.2, 0) is 0 Å². The number of rotatable bonds is 1. The molecular weight excluding hydrogens is 438 g/mol. The van der Waals surface area contributed by atoms with Crippen molar-refractivity contribution in [3.8, 4) is 16.8 Å². The summed E-state index contributed by atoms with van der Waals surface area (Å²) in [6.45, 7) is 10.8. The molecule has 1 atom stereocenters. The van der Waals surface area contributed by atoms with Gasteiger partial charge < -0.3 is 5.32 Å². The van der Waals surface area contributed by atoms with Gasteiger partial charge in [-0.1, -0.05) is 24.0 Å². The van der Waals surface area contributed by atoms with E-state index < -0.39 is 0 Å². The predicted molar refractivity (Wildman–Crippen MR) is 138 cm³/mol. The fourth-order valence-electron chi connectivity index (χ4n) is 5.83. The minimum Gasteiger partial charge on any atom is -0.317 e. The summed E-state index contributed by atoms with van der Waals surface area (Å²) >= 11 is 1.80. The van der Waals surface area contributed by atoms with Gasteiger partial charge in [-0.3, -0.25) is 9.56 Å². The number of hydrogen-bond donors (Lipinski definition) is 1. The van der Waals surface area contributed by atoms with E-state index in [1.54, 1.807) is 11.3 Å². The molecule has 1 spiro atoms. The Balaban J connectivity index is 1.28. The first-order valence-corrected chi connectivity index (χ1v) is 13.2. The number of aliphatic imine (C=N–C) groups is 1. The van der Waals surface area contributed by atoms with E-state index in [0.29, 0.717) is 11.3 Å². The van der Waals surface area contributed by atoms with Gasteiger partial charge in [-0.25, -0.2) is 0 Å². The molecule has 6 rings (SSSR count). The Morgan fingerprint density at radius 2 is 1.79 bits per heavy atom. The van der Waals surface area contributed by atoms with E-state index in [1.807, 2.05) is 6.92 Å². The molecule has 1 saturated carbocycles. The lowest BCUT2D eigenvalue weighted by Crippen LogP contribution is -2.45. The van der Waals surface area contributed by atoms with Gasteiger partial charge >= 0.3 is 0 Å². The van der Waals surface area contributed by atoms with Crippen molar-refractivity contribution in [1.82, 2.24) is 20.1 Å². The zero-order valence-corrected chi connectivity index (χ0v) is 21.2. The van der Waals surface area contributed by atoms with Crippen molar-refractivity contribution in [3.63, 3.8) is 0 Å². The first-order valence-electron chi connectivity index (χ1n) is 12.4. The second kappa shape index (κ2) is 8.18. The average molecular weight is 470 g/mol. The lowest BCUT2D eigenvalue weighted by molar-refractivity contribution is 0.0501. The number of benzene rings is 1.